The largest absolute Gasteiger partial charge is 0.379 e. The molecule has 2 amide bonds. The Morgan fingerprint density at radius 2 is 2.00 bits per heavy atom. The molecular formula is C17H27N3O2S. The zero-order valence-electron chi connectivity index (χ0n) is 14.0. The molecule has 1 heterocycles. The first-order chi connectivity index (χ1) is 11.2. The van der Waals surface area contributed by atoms with Gasteiger partial charge in [-0.3, -0.25) is 4.90 Å². The van der Waals surface area contributed by atoms with Gasteiger partial charge in [-0.1, -0.05) is 6.92 Å². The number of nitrogens with one attached hydrogen (secondary N) is 2. The van der Waals surface area contributed by atoms with Gasteiger partial charge in [0.25, 0.3) is 0 Å². The predicted octanol–water partition coefficient (Wildman–Crippen LogP) is 3.03. The zero-order valence-corrected chi connectivity index (χ0v) is 14.8. The number of rotatable bonds is 7. The first-order valence-corrected chi connectivity index (χ1v) is 9.26. The molecule has 1 atom stereocenters. The van der Waals surface area contributed by atoms with Crippen LogP contribution in [0, 0.1) is 0 Å². The minimum atomic E-state index is -0.143. The molecule has 5 nitrogen and oxygen atoms in total. The number of amides is 2. The Morgan fingerprint density at radius 1 is 1.30 bits per heavy atom. The highest BCUT2D eigenvalue weighted by Gasteiger charge is 2.13. The van der Waals surface area contributed by atoms with Crippen LogP contribution in [0.3, 0.4) is 0 Å². The third kappa shape index (κ3) is 6.81. The van der Waals surface area contributed by atoms with Gasteiger partial charge in [0, 0.05) is 36.3 Å². The fourth-order valence-electron chi connectivity index (χ4n) is 2.47. The van der Waals surface area contributed by atoms with Gasteiger partial charge in [-0.15, -0.1) is 11.8 Å². The van der Waals surface area contributed by atoms with Crippen molar-refractivity contribution in [3.05, 3.63) is 24.3 Å². The molecule has 1 aliphatic heterocycles. The first-order valence-electron chi connectivity index (χ1n) is 8.28. The van der Waals surface area contributed by atoms with Crippen molar-refractivity contribution >= 4 is 23.5 Å². The van der Waals surface area contributed by atoms with Crippen LogP contribution in [0.5, 0.6) is 0 Å². The standard InChI is InChI=1S/C17H27N3O2S/c1-3-23-16-6-4-15(5-7-16)19-17(21)18-14(2)8-9-20-10-12-22-13-11-20/h4-7,14H,3,8-13H2,1-2H3,(H2,18,19,21). The van der Waals surface area contributed by atoms with Crippen molar-refractivity contribution < 1.29 is 9.53 Å². The second kappa shape index (κ2) is 9.80. The van der Waals surface area contributed by atoms with Gasteiger partial charge in [0.15, 0.2) is 0 Å². The summed E-state index contributed by atoms with van der Waals surface area (Å²) in [5.74, 6) is 1.05. The van der Waals surface area contributed by atoms with Crippen LogP contribution in [0.15, 0.2) is 29.2 Å². The van der Waals surface area contributed by atoms with Crippen LogP contribution in [-0.4, -0.2) is 55.6 Å². The van der Waals surface area contributed by atoms with Crippen molar-refractivity contribution in [2.75, 3.05) is 43.9 Å². The van der Waals surface area contributed by atoms with Crippen molar-refractivity contribution in [2.24, 2.45) is 0 Å². The molecule has 2 N–H and O–H groups in total. The lowest BCUT2D eigenvalue weighted by atomic mass is 10.2. The number of thioether (sulfide) groups is 1. The molecule has 128 valence electrons. The monoisotopic (exact) mass is 337 g/mol. The van der Waals surface area contributed by atoms with E-state index in [0.29, 0.717) is 0 Å². The molecule has 0 aliphatic carbocycles. The highest BCUT2D eigenvalue weighted by molar-refractivity contribution is 7.99. The van der Waals surface area contributed by atoms with Crippen molar-refractivity contribution in [3.63, 3.8) is 0 Å². The second-order valence-corrected chi connectivity index (χ2v) is 7.04. The van der Waals surface area contributed by atoms with Gasteiger partial charge in [0.1, 0.15) is 0 Å². The molecule has 0 spiro atoms. The second-order valence-electron chi connectivity index (χ2n) is 5.70. The van der Waals surface area contributed by atoms with Gasteiger partial charge in [0.2, 0.25) is 0 Å². The molecular weight excluding hydrogens is 310 g/mol. The smallest absolute Gasteiger partial charge is 0.319 e. The first kappa shape index (κ1) is 18.1. The van der Waals surface area contributed by atoms with E-state index in [4.69, 9.17) is 4.74 Å². The lowest BCUT2D eigenvalue weighted by molar-refractivity contribution is 0.0365. The van der Waals surface area contributed by atoms with Crippen LogP contribution < -0.4 is 10.6 Å². The van der Waals surface area contributed by atoms with Crippen LogP contribution in [0.2, 0.25) is 0 Å². The van der Waals surface area contributed by atoms with Crippen LogP contribution >= 0.6 is 11.8 Å². The highest BCUT2D eigenvalue weighted by Crippen LogP contribution is 2.19. The van der Waals surface area contributed by atoms with Gasteiger partial charge in [-0.2, -0.15) is 0 Å². The molecule has 23 heavy (non-hydrogen) atoms. The van der Waals surface area contributed by atoms with Crippen LogP contribution in [-0.2, 0) is 4.74 Å². The Kier molecular flexibility index (Phi) is 7.71. The average molecular weight is 337 g/mol. The van der Waals surface area contributed by atoms with E-state index >= 15 is 0 Å². The van der Waals surface area contributed by atoms with E-state index in [1.807, 2.05) is 31.2 Å². The number of carbonyl (C=O) groups is 1. The summed E-state index contributed by atoms with van der Waals surface area (Å²) in [6.45, 7) is 8.77. The molecule has 0 aromatic heterocycles. The molecule has 6 heteroatoms. The third-order valence-corrected chi connectivity index (χ3v) is 4.68. The van der Waals surface area contributed by atoms with E-state index in [-0.39, 0.29) is 12.1 Å². The number of ether oxygens (including phenoxy) is 1. The van der Waals surface area contributed by atoms with Crippen molar-refractivity contribution in [2.45, 2.75) is 31.2 Å². The number of anilines is 1. The minimum Gasteiger partial charge on any atom is -0.379 e. The Hall–Kier alpha value is -1.24. The summed E-state index contributed by atoms with van der Waals surface area (Å²) in [4.78, 5) is 15.6. The molecule has 1 unspecified atom stereocenters. The summed E-state index contributed by atoms with van der Waals surface area (Å²) >= 11 is 1.79. The van der Waals surface area contributed by atoms with Crippen molar-refractivity contribution in [1.82, 2.24) is 10.2 Å². The Morgan fingerprint density at radius 3 is 2.65 bits per heavy atom. The van der Waals surface area contributed by atoms with E-state index in [2.05, 4.69) is 22.5 Å². The summed E-state index contributed by atoms with van der Waals surface area (Å²) in [5.41, 5.74) is 0.823. The van der Waals surface area contributed by atoms with E-state index < -0.39 is 0 Å². The maximum Gasteiger partial charge on any atom is 0.319 e. The quantitative estimate of drug-likeness (QED) is 0.751. The molecule has 0 radical (unpaired) electrons. The summed E-state index contributed by atoms with van der Waals surface area (Å²) in [6.07, 6.45) is 0.944. The minimum absolute atomic E-state index is 0.143. The van der Waals surface area contributed by atoms with Crippen molar-refractivity contribution in [1.29, 1.82) is 0 Å². The fraction of sp³-hybridized carbons (Fsp3) is 0.588. The third-order valence-electron chi connectivity index (χ3n) is 3.78. The van der Waals surface area contributed by atoms with Crippen molar-refractivity contribution in [3.8, 4) is 0 Å². The fourth-order valence-corrected chi connectivity index (χ4v) is 3.13. The van der Waals surface area contributed by atoms with E-state index in [9.17, 15) is 4.79 Å². The SMILES string of the molecule is CCSc1ccc(NC(=O)NC(C)CCN2CCOCC2)cc1. The molecule has 1 fully saturated rings. The molecule has 1 aliphatic rings. The number of carbonyl (C=O) groups excluding carboxylic acids is 1. The number of urea groups is 1. The maximum absolute atomic E-state index is 12.0. The molecule has 0 saturated carbocycles. The lowest BCUT2D eigenvalue weighted by Crippen LogP contribution is -2.41. The highest BCUT2D eigenvalue weighted by atomic mass is 32.2. The number of hydrogen-bond donors (Lipinski definition) is 2. The van der Waals surface area contributed by atoms with E-state index in [1.54, 1.807) is 11.8 Å². The molecule has 1 saturated heterocycles. The van der Waals surface area contributed by atoms with Crippen LogP contribution in [0.4, 0.5) is 10.5 Å². The van der Waals surface area contributed by atoms with Gasteiger partial charge >= 0.3 is 6.03 Å². The normalized spacial score (nSPS) is 16.8. The van der Waals surface area contributed by atoms with E-state index in [1.165, 1.54) is 4.90 Å². The van der Waals surface area contributed by atoms with Gasteiger partial charge in [-0.05, 0) is 43.4 Å². The zero-order chi connectivity index (χ0) is 16.5. The number of morpholine rings is 1. The Bertz CT molecular complexity index is 475. The van der Waals surface area contributed by atoms with E-state index in [0.717, 1.165) is 50.7 Å². The lowest BCUT2D eigenvalue weighted by Gasteiger charge is -2.27. The number of benzene rings is 1. The molecule has 0 bridgehead atoms. The summed E-state index contributed by atoms with van der Waals surface area (Å²) < 4.78 is 5.34. The number of nitrogens with zero attached hydrogens (tertiary/aromatic N) is 1. The Balaban J connectivity index is 1.68. The Labute approximate surface area is 143 Å². The topological polar surface area (TPSA) is 53.6 Å². The van der Waals surface area contributed by atoms with Gasteiger partial charge in [-0.25, -0.2) is 4.79 Å². The van der Waals surface area contributed by atoms with Gasteiger partial charge in [0.05, 0.1) is 13.2 Å². The van der Waals surface area contributed by atoms with Crippen LogP contribution in [0.25, 0.3) is 0 Å². The average Bonchev–Trinajstić information content (AvgIpc) is 2.56. The van der Waals surface area contributed by atoms with Gasteiger partial charge < -0.3 is 15.4 Å². The summed E-state index contributed by atoms with van der Waals surface area (Å²) in [6, 6.07) is 7.95. The maximum atomic E-state index is 12.0. The summed E-state index contributed by atoms with van der Waals surface area (Å²) in [7, 11) is 0. The number of hydrogen-bond acceptors (Lipinski definition) is 4. The molecule has 1 aromatic rings. The molecule has 1 aromatic carbocycles. The summed E-state index contributed by atoms with van der Waals surface area (Å²) in [5, 5.41) is 5.88. The molecule has 2 rings (SSSR count). The predicted molar refractivity (Wildman–Crippen MR) is 96.3 cm³/mol. The van der Waals surface area contributed by atoms with Crippen LogP contribution in [0.1, 0.15) is 20.3 Å².